The van der Waals surface area contributed by atoms with E-state index in [0.717, 1.165) is 19.5 Å². The minimum absolute atomic E-state index is 0.245. The van der Waals surface area contributed by atoms with E-state index >= 15 is 0 Å². The summed E-state index contributed by atoms with van der Waals surface area (Å²) >= 11 is 0. The maximum atomic E-state index is 5.60. The summed E-state index contributed by atoms with van der Waals surface area (Å²) in [7, 11) is 0. The molecule has 1 aliphatic rings. The lowest BCUT2D eigenvalue weighted by Gasteiger charge is -2.10. The van der Waals surface area contributed by atoms with Crippen molar-refractivity contribution >= 4 is 5.82 Å². The fourth-order valence-electron chi connectivity index (χ4n) is 1.40. The Morgan fingerprint density at radius 1 is 1.54 bits per heavy atom. The van der Waals surface area contributed by atoms with Crippen LogP contribution in [0.5, 0.6) is 5.88 Å². The second-order valence-electron chi connectivity index (χ2n) is 3.13. The number of hydrogen-bond acceptors (Lipinski definition) is 4. The lowest BCUT2D eigenvalue weighted by molar-refractivity contribution is 0.214. The smallest absolute Gasteiger partial charge is 0.215 e. The molecule has 1 fully saturated rings. The quantitative estimate of drug-likeness (QED) is 0.690. The van der Waals surface area contributed by atoms with Crippen LogP contribution in [-0.2, 0) is 0 Å². The van der Waals surface area contributed by atoms with Crippen LogP contribution < -0.4 is 15.8 Å². The Kier molecular flexibility index (Phi) is 2.31. The Morgan fingerprint density at radius 2 is 2.46 bits per heavy atom. The first-order valence-corrected chi connectivity index (χ1v) is 4.44. The van der Waals surface area contributed by atoms with Gasteiger partial charge >= 0.3 is 0 Å². The molecule has 13 heavy (non-hydrogen) atoms. The summed E-state index contributed by atoms with van der Waals surface area (Å²) in [5.41, 5.74) is 5.53. The van der Waals surface area contributed by atoms with E-state index in [-0.39, 0.29) is 6.10 Å². The molecule has 4 heteroatoms. The van der Waals surface area contributed by atoms with Crippen LogP contribution in [-0.4, -0.2) is 24.2 Å². The Labute approximate surface area is 77.1 Å². The third-order valence-electron chi connectivity index (χ3n) is 2.05. The maximum absolute atomic E-state index is 5.60. The van der Waals surface area contributed by atoms with Gasteiger partial charge in [0.15, 0.2) is 0 Å². The molecule has 0 spiro atoms. The number of nitrogen functional groups attached to an aromatic ring is 1. The normalized spacial score (nSPS) is 21.7. The second kappa shape index (κ2) is 3.62. The van der Waals surface area contributed by atoms with Gasteiger partial charge in [-0.2, -0.15) is 4.98 Å². The first kappa shape index (κ1) is 8.31. The van der Waals surface area contributed by atoms with Crippen molar-refractivity contribution in [3.05, 3.63) is 18.2 Å². The van der Waals surface area contributed by atoms with Gasteiger partial charge < -0.3 is 15.8 Å². The first-order valence-electron chi connectivity index (χ1n) is 4.44. The van der Waals surface area contributed by atoms with E-state index in [1.54, 1.807) is 6.07 Å². The summed E-state index contributed by atoms with van der Waals surface area (Å²) in [4.78, 5) is 4.06. The molecule has 1 saturated heterocycles. The van der Waals surface area contributed by atoms with E-state index < -0.39 is 0 Å². The fraction of sp³-hybridized carbons (Fsp3) is 0.444. The number of rotatable bonds is 2. The Hall–Kier alpha value is -1.29. The molecule has 1 aromatic rings. The van der Waals surface area contributed by atoms with Crippen LogP contribution >= 0.6 is 0 Å². The van der Waals surface area contributed by atoms with Gasteiger partial charge in [0, 0.05) is 12.6 Å². The molecule has 1 unspecified atom stereocenters. The molecule has 0 bridgehead atoms. The topological polar surface area (TPSA) is 60.2 Å². The van der Waals surface area contributed by atoms with Gasteiger partial charge in [-0.1, -0.05) is 6.07 Å². The first-order chi connectivity index (χ1) is 6.34. The lowest BCUT2D eigenvalue weighted by atomic mass is 10.3. The van der Waals surface area contributed by atoms with Crippen LogP contribution in [0.15, 0.2) is 18.2 Å². The summed E-state index contributed by atoms with van der Waals surface area (Å²) < 4.78 is 5.60. The predicted octanol–water partition coefficient (Wildman–Crippen LogP) is 0.404. The highest BCUT2D eigenvalue weighted by molar-refractivity contribution is 5.31. The minimum atomic E-state index is 0.245. The zero-order valence-electron chi connectivity index (χ0n) is 7.36. The molecule has 1 aliphatic heterocycles. The van der Waals surface area contributed by atoms with E-state index in [1.165, 1.54) is 0 Å². The minimum Gasteiger partial charge on any atom is -0.473 e. The number of anilines is 1. The van der Waals surface area contributed by atoms with E-state index in [9.17, 15) is 0 Å². The molecule has 1 atom stereocenters. The fourth-order valence-corrected chi connectivity index (χ4v) is 1.40. The van der Waals surface area contributed by atoms with E-state index in [1.807, 2.05) is 12.1 Å². The molecule has 2 rings (SSSR count). The lowest BCUT2D eigenvalue weighted by Crippen LogP contribution is -2.20. The van der Waals surface area contributed by atoms with Crippen molar-refractivity contribution in [3.8, 4) is 5.88 Å². The van der Waals surface area contributed by atoms with Gasteiger partial charge in [-0.3, -0.25) is 0 Å². The molecule has 0 aromatic carbocycles. The van der Waals surface area contributed by atoms with E-state index in [0.29, 0.717) is 11.7 Å². The molecule has 70 valence electrons. The van der Waals surface area contributed by atoms with Gasteiger partial charge in [0.2, 0.25) is 5.88 Å². The van der Waals surface area contributed by atoms with Crippen LogP contribution in [0, 0.1) is 0 Å². The summed E-state index contributed by atoms with van der Waals surface area (Å²) in [5, 5.41) is 3.22. The average Bonchev–Trinajstić information content (AvgIpc) is 2.57. The number of nitrogens with two attached hydrogens (primary N) is 1. The van der Waals surface area contributed by atoms with Crippen molar-refractivity contribution in [1.29, 1.82) is 0 Å². The third-order valence-corrected chi connectivity index (χ3v) is 2.05. The van der Waals surface area contributed by atoms with Crippen molar-refractivity contribution in [1.82, 2.24) is 10.3 Å². The van der Waals surface area contributed by atoms with Gasteiger partial charge in [-0.25, -0.2) is 0 Å². The van der Waals surface area contributed by atoms with Crippen molar-refractivity contribution in [2.24, 2.45) is 0 Å². The van der Waals surface area contributed by atoms with Crippen molar-refractivity contribution in [3.63, 3.8) is 0 Å². The average molecular weight is 179 g/mol. The largest absolute Gasteiger partial charge is 0.473 e. The molecular weight excluding hydrogens is 166 g/mol. The summed E-state index contributed by atoms with van der Waals surface area (Å²) in [6.45, 7) is 1.92. The molecule has 0 radical (unpaired) electrons. The van der Waals surface area contributed by atoms with Gasteiger partial charge in [0.05, 0.1) is 0 Å². The number of pyridine rings is 1. The SMILES string of the molecule is Nc1cccc(OC2CCNC2)n1. The molecule has 1 aromatic heterocycles. The summed E-state index contributed by atoms with van der Waals surface area (Å²) in [5.74, 6) is 1.12. The van der Waals surface area contributed by atoms with Crippen LogP contribution in [0.4, 0.5) is 5.82 Å². The Balaban J connectivity index is 2.00. The number of nitrogens with one attached hydrogen (secondary N) is 1. The number of ether oxygens (including phenoxy) is 1. The molecule has 0 amide bonds. The van der Waals surface area contributed by atoms with Gasteiger partial charge in [-0.15, -0.1) is 0 Å². The summed E-state index contributed by atoms with van der Waals surface area (Å²) in [6, 6.07) is 5.43. The standard InChI is InChI=1S/C9H13N3O/c10-8-2-1-3-9(12-8)13-7-4-5-11-6-7/h1-3,7,11H,4-6H2,(H2,10,12). The van der Waals surface area contributed by atoms with Gasteiger partial charge in [0.25, 0.3) is 0 Å². The van der Waals surface area contributed by atoms with E-state index in [4.69, 9.17) is 10.5 Å². The number of nitrogens with zero attached hydrogens (tertiary/aromatic N) is 1. The van der Waals surface area contributed by atoms with Crippen molar-refractivity contribution in [2.45, 2.75) is 12.5 Å². The van der Waals surface area contributed by atoms with Crippen LogP contribution in [0.1, 0.15) is 6.42 Å². The van der Waals surface area contributed by atoms with Gasteiger partial charge in [0.1, 0.15) is 11.9 Å². The highest BCUT2D eigenvalue weighted by Gasteiger charge is 2.16. The highest BCUT2D eigenvalue weighted by atomic mass is 16.5. The monoisotopic (exact) mass is 179 g/mol. The number of hydrogen-bond donors (Lipinski definition) is 2. The van der Waals surface area contributed by atoms with Gasteiger partial charge in [-0.05, 0) is 19.0 Å². The molecule has 4 nitrogen and oxygen atoms in total. The van der Waals surface area contributed by atoms with Crippen LogP contribution in [0.25, 0.3) is 0 Å². The molecule has 0 saturated carbocycles. The number of aromatic nitrogens is 1. The van der Waals surface area contributed by atoms with Crippen LogP contribution in [0.3, 0.4) is 0 Å². The van der Waals surface area contributed by atoms with E-state index in [2.05, 4.69) is 10.3 Å². The van der Waals surface area contributed by atoms with Crippen molar-refractivity contribution in [2.75, 3.05) is 18.8 Å². The molecule has 2 heterocycles. The zero-order chi connectivity index (χ0) is 9.10. The highest BCUT2D eigenvalue weighted by Crippen LogP contribution is 2.13. The predicted molar refractivity (Wildman–Crippen MR) is 50.6 cm³/mol. The Bertz CT molecular complexity index is 284. The summed E-state index contributed by atoms with van der Waals surface area (Å²) in [6.07, 6.45) is 1.28. The second-order valence-corrected chi connectivity index (χ2v) is 3.13. The maximum Gasteiger partial charge on any atom is 0.215 e. The molecular formula is C9H13N3O. The molecule has 0 aliphatic carbocycles. The molecule has 3 N–H and O–H groups in total. The Morgan fingerprint density at radius 3 is 3.15 bits per heavy atom. The third kappa shape index (κ3) is 2.09. The van der Waals surface area contributed by atoms with Crippen molar-refractivity contribution < 1.29 is 4.74 Å². The zero-order valence-corrected chi connectivity index (χ0v) is 7.36. The van der Waals surface area contributed by atoms with Crippen LogP contribution in [0.2, 0.25) is 0 Å².